The van der Waals surface area contributed by atoms with Gasteiger partial charge in [0.05, 0.1) is 33.0 Å². The Morgan fingerprint density at radius 1 is 1.12 bits per heavy atom. The molecule has 0 saturated carbocycles. The van der Waals surface area contributed by atoms with Gasteiger partial charge in [0.1, 0.15) is 6.10 Å². The van der Waals surface area contributed by atoms with Gasteiger partial charge in [-0.15, -0.1) is 6.58 Å². The number of ether oxygens (including phenoxy) is 4. The summed E-state index contributed by atoms with van der Waals surface area (Å²) < 4.78 is 21.4. The van der Waals surface area contributed by atoms with Gasteiger partial charge in [-0.05, 0) is 6.42 Å². The molecule has 17 heavy (non-hydrogen) atoms. The average Bonchev–Trinajstić information content (AvgIpc) is 2.34. The highest BCUT2D eigenvalue weighted by atomic mass is 16.6. The van der Waals surface area contributed by atoms with Gasteiger partial charge in [-0.25, -0.2) is 0 Å². The second kappa shape index (κ2) is 13.6. The van der Waals surface area contributed by atoms with Crippen molar-refractivity contribution in [3.05, 3.63) is 12.7 Å². The van der Waals surface area contributed by atoms with Gasteiger partial charge in [0.25, 0.3) is 0 Å². The number of rotatable bonds is 13. The summed E-state index contributed by atoms with van der Waals surface area (Å²) in [5.41, 5.74) is 0. The van der Waals surface area contributed by atoms with Gasteiger partial charge in [0, 0.05) is 13.7 Å². The average molecular weight is 246 g/mol. The zero-order valence-corrected chi connectivity index (χ0v) is 11.2. The number of hydrogen-bond donors (Lipinski definition) is 0. The van der Waals surface area contributed by atoms with Crippen molar-refractivity contribution in [3.63, 3.8) is 0 Å². The van der Waals surface area contributed by atoms with E-state index in [9.17, 15) is 0 Å². The van der Waals surface area contributed by atoms with E-state index in [2.05, 4.69) is 13.5 Å². The first-order chi connectivity index (χ1) is 8.35. The second-order valence-electron chi connectivity index (χ2n) is 3.74. The molecule has 102 valence electrons. The smallest absolute Gasteiger partial charge is 0.104 e. The minimum Gasteiger partial charge on any atom is -0.382 e. The molecule has 0 aliphatic rings. The molecule has 0 radical (unpaired) electrons. The maximum Gasteiger partial charge on any atom is 0.104 e. The summed E-state index contributed by atoms with van der Waals surface area (Å²) in [5.74, 6) is 0. The summed E-state index contributed by atoms with van der Waals surface area (Å²) in [6.45, 7) is 9.38. The van der Waals surface area contributed by atoms with E-state index in [1.54, 1.807) is 13.2 Å². The molecule has 0 heterocycles. The van der Waals surface area contributed by atoms with Crippen LogP contribution in [0.5, 0.6) is 0 Å². The van der Waals surface area contributed by atoms with Crippen LogP contribution in [0, 0.1) is 0 Å². The third-order valence-corrected chi connectivity index (χ3v) is 2.12. The van der Waals surface area contributed by atoms with Crippen LogP contribution < -0.4 is 0 Å². The second-order valence-corrected chi connectivity index (χ2v) is 3.74. The number of methoxy groups -OCH3 is 1. The molecule has 0 aromatic rings. The quantitative estimate of drug-likeness (QED) is 0.368. The first kappa shape index (κ1) is 16.6. The fourth-order valence-corrected chi connectivity index (χ4v) is 1.22. The number of hydrogen-bond acceptors (Lipinski definition) is 4. The molecule has 4 heteroatoms. The predicted molar refractivity (Wildman–Crippen MR) is 68.4 cm³/mol. The van der Waals surface area contributed by atoms with Gasteiger partial charge in [-0.1, -0.05) is 19.4 Å². The molecule has 0 aromatic carbocycles. The Morgan fingerprint density at radius 3 is 2.53 bits per heavy atom. The van der Waals surface area contributed by atoms with Crippen LogP contribution in [-0.2, 0) is 18.9 Å². The van der Waals surface area contributed by atoms with Crippen molar-refractivity contribution in [2.45, 2.75) is 25.9 Å². The van der Waals surface area contributed by atoms with E-state index in [1.807, 2.05) is 0 Å². The van der Waals surface area contributed by atoms with E-state index < -0.39 is 0 Å². The standard InChI is InChI=1S/C13H26O4/c1-4-6-8-15-9-10-16-12-13(11-14-3)17-7-5-2/h5,13H,2,4,6-12H2,1,3H3. The van der Waals surface area contributed by atoms with Crippen LogP contribution in [0.4, 0.5) is 0 Å². The molecule has 0 spiro atoms. The fraction of sp³-hybridized carbons (Fsp3) is 0.846. The Morgan fingerprint density at radius 2 is 1.88 bits per heavy atom. The molecule has 0 amide bonds. The van der Waals surface area contributed by atoms with Crippen molar-refractivity contribution in [1.29, 1.82) is 0 Å². The summed E-state index contributed by atoms with van der Waals surface area (Å²) in [5, 5.41) is 0. The topological polar surface area (TPSA) is 36.9 Å². The largest absolute Gasteiger partial charge is 0.382 e. The molecule has 1 unspecified atom stereocenters. The van der Waals surface area contributed by atoms with E-state index in [0.29, 0.717) is 33.0 Å². The van der Waals surface area contributed by atoms with Crippen molar-refractivity contribution in [2.24, 2.45) is 0 Å². The predicted octanol–water partition coefficient (Wildman–Crippen LogP) is 2.04. The zero-order chi connectivity index (χ0) is 12.8. The van der Waals surface area contributed by atoms with Crippen LogP contribution in [0.25, 0.3) is 0 Å². The molecule has 0 N–H and O–H groups in total. The Bertz CT molecular complexity index is 161. The first-order valence-corrected chi connectivity index (χ1v) is 6.22. The summed E-state index contributed by atoms with van der Waals surface area (Å²) in [4.78, 5) is 0. The van der Waals surface area contributed by atoms with Gasteiger partial charge in [0.2, 0.25) is 0 Å². The van der Waals surface area contributed by atoms with Crippen molar-refractivity contribution in [1.82, 2.24) is 0 Å². The Hall–Kier alpha value is -0.420. The summed E-state index contributed by atoms with van der Waals surface area (Å²) in [7, 11) is 1.65. The van der Waals surface area contributed by atoms with Crippen LogP contribution in [0.3, 0.4) is 0 Å². The molecule has 0 rings (SSSR count). The molecule has 1 atom stereocenters. The first-order valence-electron chi connectivity index (χ1n) is 6.22. The maximum atomic E-state index is 5.47. The van der Waals surface area contributed by atoms with Crippen LogP contribution >= 0.6 is 0 Å². The van der Waals surface area contributed by atoms with Crippen LogP contribution in [0.15, 0.2) is 12.7 Å². The number of unbranched alkanes of at least 4 members (excludes halogenated alkanes) is 1. The maximum absolute atomic E-state index is 5.47. The van der Waals surface area contributed by atoms with Crippen molar-refractivity contribution in [3.8, 4) is 0 Å². The van der Waals surface area contributed by atoms with E-state index in [1.165, 1.54) is 0 Å². The normalized spacial score (nSPS) is 12.6. The molecule has 0 aliphatic carbocycles. The lowest BCUT2D eigenvalue weighted by atomic mass is 10.4. The lowest BCUT2D eigenvalue weighted by Gasteiger charge is -2.16. The van der Waals surface area contributed by atoms with Gasteiger partial charge in [-0.3, -0.25) is 0 Å². The minimum atomic E-state index is -0.0337. The molecular weight excluding hydrogens is 220 g/mol. The highest BCUT2D eigenvalue weighted by Crippen LogP contribution is 1.95. The van der Waals surface area contributed by atoms with E-state index in [0.717, 1.165) is 19.4 Å². The van der Waals surface area contributed by atoms with E-state index in [-0.39, 0.29) is 6.10 Å². The monoisotopic (exact) mass is 246 g/mol. The van der Waals surface area contributed by atoms with E-state index in [4.69, 9.17) is 18.9 Å². The van der Waals surface area contributed by atoms with Crippen LogP contribution in [-0.4, -0.2) is 52.9 Å². The van der Waals surface area contributed by atoms with Gasteiger partial charge < -0.3 is 18.9 Å². The molecule has 0 bridgehead atoms. The molecular formula is C13H26O4. The van der Waals surface area contributed by atoms with Crippen molar-refractivity contribution >= 4 is 0 Å². The van der Waals surface area contributed by atoms with Gasteiger partial charge >= 0.3 is 0 Å². The lowest BCUT2D eigenvalue weighted by Crippen LogP contribution is -2.26. The molecule has 0 saturated heterocycles. The minimum absolute atomic E-state index is 0.0337. The third-order valence-electron chi connectivity index (χ3n) is 2.12. The van der Waals surface area contributed by atoms with Gasteiger partial charge in [-0.2, -0.15) is 0 Å². The molecule has 0 aromatic heterocycles. The van der Waals surface area contributed by atoms with Gasteiger partial charge in [0.15, 0.2) is 0 Å². The highest BCUT2D eigenvalue weighted by Gasteiger charge is 2.07. The Balaban J connectivity index is 3.36. The Labute approximate surface area is 105 Å². The highest BCUT2D eigenvalue weighted by molar-refractivity contribution is 4.66. The molecule has 4 nitrogen and oxygen atoms in total. The van der Waals surface area contributed by atoms with E-state index >= 15 is 0 Å². The van der Waals surface area contributed by atoms with Crippen molar-refractivity contribution < 1.29 is 18.9 Å². The lowest BCUT2D eigenvalue weighted by molar-refractivity contribution is -0.0518. The molecule has 0 aliphatic heterocycles. The van der Waals surface area contributed by atoms with Crippen molar-refractivity contribution in [2.75, 3.05) is 46.8 Å². The summed E-state index contributed by atoms with van der Waals surface area (Å²) in [6.07, 6.45) is 3.95. The third kappa shape index (κ3) is 11.8. The van der Waals surface area contributed by atoms with Crippen LogP contribution in [0.1, 0.15) is 19.8 Å². The van der Waals surface area contributed by atoms with Crippen LogP contribution in [0.2, 0.25) is 0 Å². The summed E-state index contributed by atoms with van der Waals surface area (Å²) >= 11 is 0. The fourth-order valence-electron chi connectivity index (χ4n) is 1.22. The zero-order valence-electron chi connectivity index (χ0n) is 11.2. The SMILES string of the molecule is C=CCOC(COC)COCCOCCCC. The molecule has 0 fully saturated rings. The Kier molecular flexibility index (Phi) is 13.3. The summed E-state index contributed by atoms with van der Waals surface area (Å²) in [6, 6.07) is 0.